The minimum Gasteiger partial charge on any atom is -0.368 e. The van der Waals surface area contributed by atoms with E-state index in [2.05, 4.69) is 26.9 Å². The second-order valence-electron chi connectivity index (χ2n) is 11.6. The van der Waals surface area contributed by atoms with Gasteiger partial charge in [0.05, 0.1) is 11.0 Å². The molecule has 0 radical (unpaired) electrons. The molecule has 208 valence electrons. The minimum absolute atomic E-state index is 0.0308. The van der Waals surface area contributed by atoms with Crippen molar-refractivity contribution in [2.75, 3.05) is 13.2 Å². The van der Waals surface area contributed by atoms with Crippen molar-refractivity contribution in [1.82, 2.24) is 19.8 Å². The Morgan fingerprint density at radius 1 is 0.895 bits per heavy atom. The summed E-state index contributed by atoms with van der Waals surface area (Å²) in [6.07, 6.45) is 17.5. The van der Waals surface area contributed by atoms with Gasteiger partial charge in [0.25, 0.3) is 0 Å². The van der Waals surface area contributed by atoms with Crippen molar-refractivity contribution in [3.63, 3.8) is 0 Å². The molecule has 1 aromatic carbocycles. The number of nitrogens with zero attached hydrogens (tertiary/aromatic N) is 3. The lowest BCUT2D eigenvalue weighted by molar-refractivity contribution is -0.138. The Morgan fingerprint density at radius 3 is 2.29 bits per heavy atom. The molecule has 1 atom stereocenters. The standard InChI is InChI=1S/C31H46N4O3/c36-30(35(24-13-4-1-5-14-24)25-15-6-2-7-16-25)23-34-27-18-10-9-17-26(27)33-29(34)20-8-3-11-21-32-31(37)28-19-12-22-38-28/h9-10,17-18,24-25,28H,1-8,11-16,19-23H2,(H,32,37). The van der Waals surface area contributed by atoms with E-state index < -0.39 is 0 Å². The molecule has 7 nitrogen and oxygen atoms in total. The SMILES string of the molecule is O=C(NCCCCCc1nc2ccccc2n1CC(=O)N(C1CCCCC1)C1CCCCC1)C1CCCO1. The number of rotatable bonds is 11. The van der Waals surface area contributed by atoms with Gasteiger partial charge in [-0.05, 0) is 63.5 Å². The van der Waals surface area contributed by atoms with Crippen molar-refractivity contribution >= 4 is 22.8 Å². The van der Waals surface area contributed by atoms with Crippen LogP contribution in [0.15, 0.2) is 24.3 Å². The average molecular weight is 523 g/mol. The van der Waals surface area contributed by atoms with Gasteiger partial charge in [-0.25, -0.2) is 4.98 Å². The fourth-order valence-corrected chi connectivity index (χ4v) is 6.83. The predicted octanol–water partition coefficient (Wildman–Crippen LogP) is 5.54. The zero-order valence-corrected chi connectivity index (χ0v) is 23.0. The highest BCUT2D eigenvalue weighted by Gasteiger charge is 2.33. The highest BCUT2D eigenvalue weighted by atomic mass is 16.5. The van der Waals surface area contributed by atoms with Crippen LogP contribution >= 0.6 is 0 Å². The Morgan fingerprint density at radius 2 is 1.61 bits per heavy atom. The monoisotopic (exact) mass is 522 g/mol. The van der Waals surface area contributed by atoms with Crippen LogP contribution in [0, 0.1) is 0 Å². The minimum atomic E-state index is -0.255. The van der Waals surface area contributed by atoms with Crippen LogP contribution in [0.2, 0.25) is 0 Å². The van der Waals surface area contributed by atoms with E-state index in [-0.39, 0.29) is 17.9 Å². The third kappa shape index (κ3) is 6.77. The molecule has 0 spiro atoms. The van der Waals surface area contributed by atoms with Crippen LogP contribution in [0.25, 0.3) is 11.0 Å². The lowest BCUT2D eigenvalue weighted by atomic mass is 9.88. The number of para-hydroxylation sites is 2. The molecular formula is C31H46N4O3. The van der Waals surface area contributed by atoms with Crippen LogP contribution in [0.5, 0.6) is 0 Å². The fraction of sp³-hybridized carbons (Fsp3) is 0.710. The molecule has 3 fully saturated rings. The fourth-order valence-electron chi connectivity index (χ4n) is 6.83. The molecule has 2 aromatic rings. The third-order valence-corrected chi connectivity index (χ3v) is 8.85. The summed E-state index contributed by atoms with van der Waals surface area (Å²) in [7, 11) is 0. The van der Waals surface area contributed by atoms with E-state index >= 15 is 0 Å². The zero-order valence-electron chi connectivity index (χ0n) is 23.0. The van der Waals surface area contributed by atoms with Crippen LogP contribution in [-0.4, -0.2) is 57.6 Å². The van der Waals surface area contributed by atoms with Gasteiger partial charge in [-0.3, -0.25) is 9.59 Å². The highest BCUT2D eigenvalue weighted by Crippen LogP contribution is 2.31. The Balaban J connectivity index is 1.21. The summed E-state index contributed by atoms with van der Waals surface area (Å²) in [5.74, 6) is 1.32. The molecule has 1 unspecified atom stereocenters. The smallest absolute Gasteiger partial charge is 0.249 e. The molecule has 1 N–H and O–H groups in total. The van der Waals surface area contributed by atoms with Crippen molar-refractivity contribution in [2.45, 2.75) is 127 Å². The van der Waals surface area contributed by atoms with Crippen molar-refractivity contribution < 1.29 is 14.3 Å². The molecule has 38 heavy (non-hydrogen) atoms. The number of hydrogen-bond acceptors (Lipinski definition) is 4. The first-order valence-electron chi connectivity index (χ1n) is 15.4. The summed E-state index contributed by atoms with van der Waals surface area (Å²) >= 11 is 0. The van der Waals surface area contributed by atoms with Gasteiger partial charge in [0.15, 0.2) is 0 Å². The molecule has 3 aliphatic rings. The van der Waals surface area contributed by atoms with E-state index in [4.69, 9.17) is 9.72 Å². The quantitative estimate of drug-likeness (QED) is 0.393. The van der Waals surface area contributed by atoms with Crippen molar-refractivity contribution in [1.29, 1.82) is 0 Å². The largest absolute Gasteiger partial charge is 0.368 e. The number of carbonyl (C=O) groups excluding carboxylic acids is 2. The van der Waals surface area contributed by atoms with Gasteiger partial charge in [0, 0.05) is 31.7 Å². The molecule has 5 rings (SSSR count). The number of aryl methyl sites for hydroxylation is 1. The lowest BCUT2D eigenvalue weighted by Crippen LogP contribution is -2.50. The van der Waals surface area contributed by atoms with E-state index in [1.807, 2.05) is 12.1 Å². The van der Waals surface area contributed by atoms with Gasteiger partial charge < -0.3 is 19.5 Å². The number of aromatic nitrogens is 2. The van der Waals surface area contributed by atoms with Gasteiger partial charge in [0.1, 0.15) is 18.5 Å². The number of ether oxygens (including phenoxy) is 1. The van der Waals surface area contributed by atoms with E-state index in [1.165, 1.54) is 38.5 Å². The summed E-state index contributed by atoms with van der Waals surface area (Å²) < 4.78 is 7.65. The number of amides is 2. The molecule has 2 saturated carbocycles. The molecule has 1 aromatic heterocycles. The lowest BCUT2D eigenvalue weighted by Gasteiger charge is -2.42. The molecular weight excluding hydrogens is 476 g/mol. The molecule has 2 heterocycles. The van der Waals surface area contributed by atoms with E-state index in [0.717, 1.165) is 81.1 Å². The number of unbranched alkanes of at least 4 members (excludes halogenated alkanes) is 2. The van der Waals surface area contributed by atoms with E-state index in [1.54, 1.807) is 0 Å². The van der Waals surface area contributed by atoms with E-state index in [0.29, 0.717) is 31.8 Å². The molecule has 0 bridgehead atoms. The number of carbonyl (C=O) groups is 2. The second kappa shape index (κ2) is 13.6. The molecule has 1 aliphatic heterocycles. The van der Waals surface area contributed by atoms with Crippen LogP contribution in [0.1, 0.15) is 102 Å². The maximum Gasteiger partial charge on any atom is 0.249 e. The van der Waals surface area contributed by atoms with Crippen molar-refractivity contribution in [3.8, 4) is 0 Å². The Hall–Kier alpha value is -2.41. The maximum absolute atomic E-state index is 14.0. The predicted molar refractivity (Wildman–Crippen MR) is 150 cm³/mol. The third-order valence-electron chi connectivity index (χ3n) is 8.85. The molecule has 2 amide bonds. The van der Waals surface area contributed by atoms with Crippen molar-refractivity contribution in [2.24, 2.45) is 0 Å². The van der Waals surface area contributed by atoms with Crippen LogP contribution in [0.4, 0.5) is 0 Å². The second-order valence-corrected chi connectivity index (χ2v) is 11.6. The van der Waals surface area contributed by atoms with Gasteiger partial charge in [-0.1, -0.05) is 57.1 Å². The van der Waals surface area contributed by atoms with Gasteiger partial charge in [-0.15, -0.1) is 0 Å². The summed E-state index contributed by atoms with van der Waals surface area (Å²) in [6, 6.07) is 9.04. The van der Waals surface area contributed by atoms with Crippen LogP contribution in [-0.2, 0) is 27.3 Å². The number of benzene rings is 1. The summed E-state index contributed by atoms with van der Waals surface area (Å²) in [5, 5.41) is 3.02. The van der Waals surface area contributed by atoms with E-state index in [9.17, 15) is 9.59 Å². The highest BCUT2D eigenvalue weighted by molar-refractivity contribution is 5.82. The van der Waals surface area contributed by atoms with Crippen LogP contribution in [0.3, 0.4) is 0 Å². The Bertz CT molecular complexity index is 1030. The number of nitrogens with one attached hydrogen (secondary N) is 1. The zero-order chi connectivity index (χ0) is 26.2. The number of fused-ring (bicyclic) bond motifs is 1. The Kier molecular flexibility index (Phi) is 9.72. The Labute approximate surface area is 227 Å². The van der Waals surface area contributed by atoms with Gasteiger partial charge >= 0.3 is 0 Å². The normalized spacial score (nSPS) is 21.1. The van der Waals surface area contributed by atoms with Gasteiger partial charge in [-0.2, -0.15) is 0 Å². The number of imidazole rings is 1. The summed E-state index contributed by atoms with van der Waals surface area (Å²) in [5.41, 5.74) is 2.04. The molecule has 7 heteroatoms. The van der Waals surface area contributed by atoms with Crippen LogP contribution < -0.4 is 5.32 Å². The number of hydrogen-bond donors (Lipinski definition) is 1. The molecule has 1 saturated heterocycles. The topological polar surface area (TPSA) is 76.5 Å². The first kappa shape index (κ1) is 27.2. The first-order valence-corrected chi connectivity index (χ1v) is 15.4. The van der Waals surface area contributed by atoms with Crippen molar-refractivity contribution in [3.05, 3.63) is 30.1 Å². The van der Waals surface area contributed by atoms with Gasteiger partial charge in [0.2, 0.25) is 11.8 Å². The summed E-state index contributed by atoms with van der Waals surface area (Å²) in [6.45, 7) is 1.77. The maximum atomic E-state index is 14.0. The first-order chi connectivity index (χ1) is 18.7. The summed E-state index contributed by atoms with van der Waals surface area (Å²) in [4.78, 5) is 33.4. The molecule has 2 aliphatic carbocycles. The average Bonchev–Trinajstić information content (AvgIpc) is 3.61.